The fourth-order valence-electron chi connectivity index (χ4n) is 0.338. The average molecular weight is 136 g/mol. The van der Waals surface area contributed by atoms with Crippen LogP contribution in [0.5, 0.6) is 0 Å². The summed E-state index contributed by atoms with van der Waals surface area (Å²) in [5.41, 5.74) is 2.27. The third-order valence-electron chi connectivity index (χ3n) is 0.716. The first-order valence-electron chi connectivity index (χ1n) is 2.47. The molecule has 3 heteroatoms. The van der Waals surface area contributed by atoms with E-state index in [1.807, 2.05) is 0 Å². The zero-order chi connectivity index (χ0) is 7.33. The fourth-order valence-corrected chi connectivity index (χ4v) is 0.338. The Morgan fingerprint density at radius 1 is 1.44 bits per heavy atom. The first-order valence-corrected chi connectivity index (χ1v) is 2.47. The highest BCUT2D eigenvalue weighted by Gasteiger charge is 2.25. The molecule has 0 aromatic heterocycles. The van der Waals surface area contributed by atoms with E-state index in [2.05, 4.69) is 12.3 Å². The predicted octanol–water partition coefficient (Wildman–Crippen LogP) is 2.67. The molecule has 0 aromatic rings. The van der Waals surface area contributed by atoms with Gasteiger partial charge in [-0.25, -0.2) is 0 Å². The van der Waals surface area contributed by atoms with Gasteiger partial charge in [-0.2, -0.15) is 13.2 Å². The molecule has 0 unspecified atom stereocenters. The molecule has 0 atom stereocenters. The Balaban J connectivity index is 3.39. The number of alkyl halides is 3. The highest BCUT2D eigenvalue weighted by atomic mass is 19.4. The van der Waals surface area contributed by atoms with Gasteiger partial charge in [0.05, 0.1) is 0 Å². The molecule has 0 rings (SSSR count). The highest BCUT2D eigenvalue weighted by Crippen LogP contribution is 2.20. The maximum Gasteiger partial charge on any atom is 0.389 e. The van der Waals surface area contributed by atoms with Gasteiger partial charge in [0, 0.05) is 6.42 Å². The normalized spacial score (nSPS) is 10.6. The average Bonchev–Trinajstić information content (AvgIpc) is 1.63. The molecule has 0 nitrogen and oxygen atoms in total. The van der Waals surface area contributed by atoms with Gasteiger partial charge < -0.3 is 0 Å². The lowest BCUT2D eigenvalue weighted by Gasteiger charge is -2.00. The van der Waals surface area contributed by atoms with E-state index in [4.69, 9.17) is 0 Å². The highest BCUT2D eigenvalue weighted by molar-refractivity contribution is 4.76. The molecule has 52 valence electrons. The Labute approximate surface area is 51.7 Å². The Bertz CT molecular complexity index is 117. The molecule has 0 aliphatic rings. The first-order chi connectivity index (χ1) is 4.06. The van der Waals surface area contributed by atoms with E-state index in [-0.39, 0.29) is 6.42 Å². The Hall–Kier alpha value is -0.690. The summed E-state index contributed by atoms with van der Waals surface area (Å²) in [7, 11) is 0. The van der Waals surface area contributed by atoms with Crippen molar-refractivity contribution in [3.05, 3.63) is 18.4 Å². The second kappa shape index (κ2) is 3.36. The molecule has 0 aliphatic carbocycles. The number of halogens is 3. The molecule has 0 saturated carbocycles. The van der Waals surface area contributed by atoms with Crippen LogP contribution >= 0.6 is 0 Å². The van der Waals surface area contributed by atoms with Gasteiger partial charge in [-0.1, -0.05) is 6.58 Å². The summed E-state index contributed by atoms with van der Waals surface area (Å²) in [5, 5.41) is 0. The summed E-state index contributed by atoms with van der Waals surface area (Å²) in [6, 6.07) is 0. The Kier molecular flexibility index (Phi) is 3.10. The topological polar surface area (TPSA) is 0 Å². The van der Waals surface area contributed by atoms with Crippen molar-refractivity contribution in [2.75, 3.05) is 0 Å². The second-order valence-electron chi connectivity index (χ2n) is 1.56. The summed E-state index contributed by atoms with van der Waals surface area (Å²) in [6.07, 6.45) is -3.58. The van der Waals surface area contributed by atoms with E-state index < -0.39 is 12.6 Å². The predicted molar refractivity (Wildman–Crippen MR) is 29.0 cm³/mol. The zero-order valence-electron chi connectivity index (χ0n) is 4.83. The van der Waals surface area contributed by atoms with Crippen molar-refractivity contribution >= 4 is 0 Å². The molecule has 0 saturated heterocycles. The van der Waals surface area contributed by atoms with Crippen LogP contribution in [0.1, 0.15) is 12.8 Å². The molecule has 9 heavy (non-hydrogen) atoms. The van der Waals surface area contributed by atoms with Crippen molar-refractivity contribution in [1.29, 1.82) is 0 Å². The summed E-state index contributed by atoms with van der Waals surface area (Å²) in [6.45, 7) is 3.13. The van der Waals surface area contributed by atoms with Crippen LogP contribution in [-0.4, -0.2) is 6.18 Å². The third-order valence-corrected chi connectivity index (χ3v) is 0.716. The van der Waals surface area contributed by atoms with Gasteiger partial charge in [0.15, 0.2) is 0 Å². The standard InChI is InChI=1S/C6H7F3/c1-2-3-4-5-6(7,8)9/h3H,1,4-5H2. The molecule has 0 N–H and O–H groups in total. The molecule has 0 spiro atoms. The molecule has 0 heterocycles. The number of allylic oxidation sites excluding steroid dienone is 1. The van der Waals surface area contributed by atoms with E-state index in [9.17, 15) is 13.2 Å². The lowest BCUT2D eigenvalue weighted by molar-refractivity contribution is -0.133. The lowest BCUT2D eigenvalue weighted by Crippen LogP contribution is -2.05. The Morgan fingerprint density at radius 3 is 2.33 bits per heavy atom. The van der Waals surface area contributed by atoms with Gasteiger partial charge in [0.2, 0.25) is 0 Å². The van der Waals surface area contributed by atoms with Crippen LogP contribution in [0, 0.1) is 0 Å². The van der Waals surface area contributed by atoms with E-state index in [0.29, 0.717) is 0 Å². The molecular formula is C6H7F3. The largest absolute Gasteiger partial charge is 0.389 e. The number of rotatable bonds is 2. The maximum atomic E-state index is 11.3. The van der Waals surface area contributed by atoms with Crippen LogP contribution < -0.4 is 0 Å². The third kappa shape index (κ3) is 7.31. The lowest BCUT2D eigenvalue weighted by atomic mass is 10.3. The maximum absolute atomic E-state index is 11.3. The molecular weight excluding hydrogens is 129 g/mol. The molecule has 0 fully saturated rings. The van der Waals surface area contributed by atoms with Gasteiger partial charge in [0.1, 0.15) is 0 Å². The Morgan fingerprint density at radius 2 is 2.00 bits per heavy atom. The monoisotopic (exact) mass is 136 g/mol. The zero-order valence-corrected chi connectivity index (χ0v) is 4.83. The smallest absolute Gasteiger partial charge is 0.171 e. The van der Waals surface area contributed by atoms with Crippen molar-refractivity contribution in [1.82, 2.24) is 0 Å². The van der Waals surface area contributed by atoms with E-state index in [1.165, 1.54) is 6.08 Å². The molecule has 0 amide bonds. The van der Waals surface area contributed by atoms with Crippen LogP contribution in [0.25, 0.3) is 0 Å². The van der Waals surface area contributed by atoms with Gasteiger partial charge in [-0.05, 0) is 12.5 Å². The summed E-state index contributed by atoms with van der Waals surface area (Å²) in [4.78, 5) is 0. The van der Waals surface area contributed by atoms with E-state index >= 15 is 0 Å². The molecule has 0 aromatic carbocycles. The van der Waals surface area contributed by atoms with Gasteiger partial charge >= 0.3 is 6.18 Å². The van der Waals surface area contributed by atoms with Crippen LogP contribution in [-0.2, 0) is 0 Å². The number of hydrogen-bond donors (Lipinski definition) is 0. The van der Waals surface area contributed by atoms with Crippen LogP contribution in [0.4, 0.5) is 13.2 Å². The second-order valence-corrected chi connectivity index (χ2v) is 1.56. The number of hydrogen-bond acceptors (Lipinski definition) is 0. The minimum atomic E-state index is -4.05. The van der Waals surface area contributed by atoms with Gasteiger partial charge in [0.25, 0.3) is 0 Å². The minimum Gasteiger partial charge on any atom is -0.171 e. The van der Waals surface area contributed by atoms with Gasteiger partial charge in [-0.15, -0.1) is 5.73 Å². The molecule has 0 radical (unpaired) electrons. The van der Waals surface area contributed by atoms with Crippen molar-refractivity contribution in [2.45, 2.75) is 19.0 Å². The summed E-state index contributed by atoms with van der Waals surface area (Å²) < 4.78 is 33.9. The van der Waals surface area contributed by atoms with Crippen molar-refractivity contribution in [2.24, 2.45) is 0 Å². The van der Waals surface area contributed by atoms with Crippen molar-refractivity contribution in [3.8, 4) is 0 Å². The van der Waals surface area contributed by atoms with Crippen molar-refractivity contribution in [3.63, 3.8) is 0 Å². The van der Waals surface area contributed by atoms with Crippen LogP contribution in [0.15, 0.2) is 18.4 Å². The molecule has 0 bridgehead atoms. The first kappa shape index (κ1) is 8.31. The summed E-state index contributed by atoms with van der Waals surface area (Å²) >= 11 is 0. The van der Waals surface area contributed by atoms with Crippen molar-refractivity contribution < 1.29 is 13.2 Å². The minimum absolute atomic E-state index is 0.0208. The van der Waals surface area contributed by atoms with E-state index in [0.717, 1.165) is 0 Å². The van der Waals surface area contributed by atoms with Gasteiger partial charge in [-0.3, -0.25) is 0 Å². The quantitative estimate of drug-likeness (QED) is 0.512. The van der Waals surface area contributed by atoms with Crippen LogP contribution in [0.2, 0.25) is 0 Å². The van der Waals surface area contributed by atoms with Crippen LogP contribution in [0.3, 0.4) is 0 Å². The molecule has 0 aliphatic heterocycles. The SMILES string of the molecule is C=C=CCCC(F)(F)F. The van der Waals surface area contributed by atoms with E-state index in [1.54, 1.807) is 0 Å². The summed E-state index contributed by atoms with van der Waals surface area (Å²) in [5.74, 6) is 0. The fraction of sp³-hybridized carbons (Fsp3) is 0.500.